The standard InChI is InChI=1S/C13H18N2O/c1-10-5-7-11(8-6-10)15-13(16)12-4-2-3-9-14-12/h5-8,12,14H,2-4,9H2,1H3,(H,15,16)/t12-/m0/s1. The molecule has 2 rings (SSSR count). The Labute approximate surface area is 96.2 Å². The third-order valence-electron chi connectivity index (χ3n) is 2.95. The summed E-state index contributed by atoms with van der Waals surface area (Å²) in [4.78, 5) is 11.9. The van der Waals surface area contributed by atoms with Crippen molar-refractivity contribution in [2.24, 2.45) is 0 Å². The molecule has 0 aliphatic carbocycles. The van der Waals surface area contributed by atoms with Crippen LogP contribution in [-0.4, -0.2) is 18.5 Å². The number of rotatable bonds is 2. The molecule has 2 N–H and O–H groups in total. The number of anilines is 1. The first kappa shape index (κ1) is 11.1. The van der Waals surface area contributed by atoms with Crippen LogP contribution in [0.1, 0.15) is 24.8 Å². The molecule has 16 heavy (non-hydrogen) atoms. The highest BCUT2D eigenvalue weighted by Gasteiger charge is 2.20. The van der Waals surface area contributed by atoms with Crippen molar-refractivity contribution < 1.29 is 4.79 Å². The Balaban J connectivity index is 1.93. The van der Waals surface area contributed by atoms with E-state index in [1.54, 1.807) is 0 Å². The van der Waals surface area contributed by atoms with E-state index in [1.165, 1.54) is 12.0 Å². The molecule has 1 aromatic carbocycles. The average Bonchev–Trinajstić information content (AvgIpc) is 2.33. The number of carbonyl (C=O) groups is 1. The lowest BCUT2D eigenvalue weighted by Gasteiger charge is -2.22. The van der Waals surface area contributed by atoms with Gasteiger partial charge in [0.25, 0.3) is 0 Å². The summed E-state index contributed by atoms with van der Waals surface area (Å²) in [6.45, 7) is 2.99. The second kappa shape index (κ2) is 5.12. The number of hydrogen-bond acceptors (Lipinski definition) is 2. The fourth-order valence-electron chi connectivity index (χ4n) is 1.94. The summed E-state index contributed by atoms with van der Waals surface area (Å²) in [5.41, 5.74) is 2.08. The maximum Gasteiger partial charge on any atom is 0.241 e. The molecule has 0 saturated carbocycles. The van der Waals surface area contributed by atoms with Gasteiger partial charge in [0.2, 0.25) is 5.91 Å². The number of piperidine rings is 1. The minimum absolute atomic E-state index is 0.0185. The average molecular weight is 218 g/mol. The third-order valence-corrected chi connectivity index (χ3v) is 2.95. The van der Waals surface area contributed by atoms with Gasteiger partial charge in [0, 0.05) is 5.69 Å². The normalized spacial score (nSPS) is 20.4. The summed E-state index contributed by atoms with van der Waals surface area (Å²) in [5.74, 6) is 0.0866. The minimum atomic E-state index is -0.0185. The summed E-state index contributed by atoms with van der Waals surface area (Å²) < 4.78 is 0. The largest absolute Gasteiger partial charge is 0.325 e. The van der Waals surface area contributed by atoms with E-state index in [9.17, 15) is 4.79 Å². The molecule has 1 atom stereocenters. The molecule has 1 heterocycles. The van der Waals surface area contributed by atoms with Crippen molar-refractivity contribution in [3.63, 3.8) is 0 Å². The minimum Gasteiger partial charge on any atom is -0.325 e. The van der Waals surface area contributed by atoms with Gasteiger partial charge in [0.1, 0.15) is 0 Å². The van der Waals surface area contributed by atoms with Crippen LogP contribution >= 0.6 is 0 Å². The number of carbonyl (C=O) groups excluding carboxylic acids is 1. The highest BCUT2D eigenvalue weighted by molar-refractivity contribution is 5.94. The van der Waals surface area contributed by atoms with Crippen molar-refractivity contribution in [2.75, 3.05) is 11.9 Å². The topological polar surface area (TPSA) is 41.1 Å². The summed E-state index contributed by atoms with van der Waals surface area (Å²) in [7, 11) is 0. The van der Waals surface area contributed by atoms with Crippen molar-refractivity contribution in [2.45, 2.75) is 32.2 Å². The highest BCUT2D eigenvalue weighted by atomic mass is 16.2. The van der Waals surface area contributed by atoms with E-state index >= 15 is 0 Å². The van der Waals surface area contributed by atoms with Gasteiger partial charge < -0.3 is 10.6 Å². The molecule has 1 aliphatic heterocycles. The molecular weight excluding hydrogens is 200 g/mol. The summed E-state index contributed by atoms with van der Waals surface area (Å²) >= 11 is 0. The predicted octanol–water partition coefficient (Wildman–Crippen LogP) is 2.08. The fourth-order valence-corrected chi connectivity index (χ4v) is 1.94. The Kier molecular flexibility index (Phi) is 3.57. The van der Waals surface area contributed by atoms with Crippen LogP contribution in [0.15, 0.2) is 24.3 Å². The van der Waals surface area contributed by atoms with Crippen molar-refractivity contribution >= 4 is 11.6 Å². The van der Waals surface area contributed by atoms with Crippen LogP contribution < -0.4 is 10.6 Å². The lowest BCUT2D eigenvalue weighted by atomic mass is 10.0. The molecule has 1 aliphatic rings. The molecular formula is C13H18N2O. The number of benzene rings is 1. The third kappa shape index (κ3) is 2.83. The monoisotopic (exact) mass is 218 g/mol. The fraction of sp³-hybridized carbons (Fsp3) is 0.462. The maximum atomic E-state index is 11.9. The molecule has 1 amide bonds. The van der Waals surface area contributed by atoms with E-state index in [0.717, 1.165) is 25.1 Å². The first-order valence-electron chi connectivity index (χ1n) is 5.86. The van der Waals surface area contributed by atoms with Crippen LogP contribution in [0.2, 0.25) is 0 Å². The second-order valence-electron chi connectivity index (χ2n) is 4.36. The van der Waals surface area contributed by atoms with Gasteiger partial charge in [0.05, 0.1) is 6.04 Å². The maximum absolute atomic E-state index is 11.9. The van der Waals surface area contributed by atoms with Crippen LogP contribution in [0.25, 0.3) is 0 Å². The van der Waals surface area contributed by atoms with Crippen LogP contribution in [0, 0.1) is 6.92 Å². The van der Waals surface area contributed by atoms with E-state index in [1.807, 2.05) is 31.2 Å². The molecule has 86 valence electrons. The molecule has 1 aromatic rings. The zero-order valence-corrected chi connectivity index (χ0v) is 9.62. The SMILES string of the molecule is Cc1ccc(NC(=O)[C@@H]2CCCCN2)cc1. The van der Waals surface area contributed by atoms with Crippen LogP contribution in [0.5, 0.6) is 0 Å². The Morgan fingerprint density at radius 3 is 2.69 bits per heavy atom. The smallest absolute Gasteiger partial charge is 0.241 e. The van der Waals surface area contributed by atoms with E-state index in [-0.39, 0.29) is 11.9 Å². The van der Waals surface area contributed by atoms with Gasteiger partial charge in [-0.2, -0.15) is 0 Å². The van der Waals surface area contributed by atoms with Crippen LogP contribution in [-0.2, 0) is 4.79 Å². The molecule has 3 heteroatoms. The summed E-state index contributed by atoms with van der Waals surface area (Å²) in [5, 5.41) is 6.18. The van der Waals surface area contributed by atoms with Crippen LogP contribution in [0.4, 0.5) is 5.69 Å². The lowest BCUT2D eigenvalue weighted by Crippen LogP contribution is -2.43. The molecule has 0 spiro atoms. The molecule has 0 radical (unpaired) electrons. The van der Waals surface area contributed by atoms with Crippen molar-refractivity contribution in [1.82, 2.24) is 5.32 Å². The first-order valence-corrected chi connectivity index (χ1v) is 5.86. The molecule has 0 unspecified atom stereocenters. The van der Waals surface area contributed by atoms with E-state index < -0.39 is 0 Å². The van der Waals surface area contributed by atoms with Gasteiger partial charge in [-0.1, -0.05) is 24.1 Å². The quantitative estimate of drug-likeness (QED) is 0.798. The van der Waals surface area contributed by atoms with Gasteiger partial charge in [-0.15, -0.1) is 0 Å². The number of aryl methyl sites for hydroxylation is 1. The zero-order chi connectivity index (χ0) is 11.4. The zero-order valence-electron chi connectivity index (χ0n) is 9.62. The van der Waals surface area contributed by atoms with Gasteiger partial charge in [0.15, 0.2) is 0 Å². The van der Waals surface area contributed by atoms with Gasteiger partial charge in [-0.25, -0.2) is 0 Å². The van der Waals surface area contributed by atoms with Gasteiger partial charge in [-0.3, -0.25) is 4.79 Å². The number of nitrogens with one attached hydrogen (secondary N) is 2. The molecule has 0 bridgehead atoms. The van der Waals surface area contributed by atoms with Crippen LogP contribution in [0.3, 0.4) is 0 Å². The van der Waals surface area contributed by atoms with E-state index in [2.05, 4.69) is 10.6 Å². The molecule has 3 nitrogen and oxygen atoms in total. The van der Waals surface area contributed by atoms with Gasteiger partial charge >= 0.3 is 0 Å². The number of hydrogen-bond donors (Lipinski definition) is 2. The Morgan fingerprint density at radius 1 is 1.31 bits per heavy atom. The summed E-state index contributed by atoms with van der Waals surface area (Å²) in [6.07, 6.45) is 3.25. The lowest BCUT2D eigenvalue weighted by molar-refractivity contribution is -0.118. The summed E-state index contributed by atoms with van der Waals surface area (Å²) in [6, 6.07) is 7.87. The second-order valence-corrected chi connectivity index (χ2v) is 4.36. The predicted molar refractivity (Wildman–Crippen MR) is 65.5 cm³/mol. The first-order chi connectivity index (χ1) is 7.75. The molecule has 0 aromatic heterocycles. The van der Waals surface area contributed by atoms with Crippen molar-refractivity contribution in [1.29, 1.82) is 0 Å². The van der Waals surface area contributed by atoms with E-state index in [4.69, 9.17) is 0 Å². The van der Waals surface area contributed by atoms with Crippen molar-refractivity contribution in [3.05, 3.63) is 29.8 Å². The van der Waals surface area contributed by atoms with Gasteiger partial charge in [-0.05, 0) is 38.4 Å². The highest BCUT2D eigenvalue weighted by Crippen LogP contribution is 2.12. The van der Waals surface area contributed by atoms with Crippen molar-refractivity contribution in [3.8, 4) is 0 Å². The Bertz CT molecular complexity index is 353. The Morgan fingerprint density at radius 2 is 2.06 bits per heavy atom. The van der Waals surface area contributed by atoms with E-state index in [0.29, 0.717) is 0 Å². The number of amides is 1. The molecule has 1 saturated heterocycles. The molecule has 1 fully saturated rings. The Hall–Kier alpha value is -1.35.